The molecule has 0 atom stereocenters. The van der Waals surface area contributed by atoms with E-state index in [1.807, 2.05) is 0 Å². The van der Waals surface area contributed by atoms with Gasteiger partial charge in [0.25, 0.3) is 0 Å². The standard InChI is InChI=1S/C9H2F8O2/c10-3-1-2(7(18)19)6(11)5(9(15,16)17)4(3)8(12,13)14/h1H,(H,18,19). The second-order valence-electron chi connectivity index (χ2n) is 3.27. The van der Waals surface area contributed by atoms with Crippen molar-refractivity contribution in [3.05, 3.63) is 34.4 Å². The summed E-state index contributed by atoms with van der Waals surface area (Å²) in [4.78, 5) is 10.4. The predicted octanol–water partition coefficient (Wildman–Crippen LogP) is 3.70. The Kier molecular flexibility index (Phi) is 3.48. The van der Waals surface area contributed by atoms with E-state index in [1.165, 1.54) is 0 Å². The molecule has 0 spiro atoms. The van der Waals surface area contributed by atoms with Gasteiger partial charge in [-0.1, -0.05) is 0 Å². The Bertz CT molecular complexity index is 528. The number of carboxylic acid groups (broad SMARTS) is 1. The largest absolute Gasteiger partial charge is 0.478 e. The Morgan fingerprint density at radius 2 is 1.37 bits per heavy atom. The van der Waals surface area contributed by atoms with Crippen LogP contribution >= 0.6 is 0 Å². The van der Waals surface area contributed by atoms with Crippen LogP contribution in [-0.4, -0.2) is 11.1 Å². The third kappa shape index (κ3) is 2.76. The van der Waals surface area contributed by atoms with E-state index in [4.69, 9.17) is 5.11 Å². The third-order valence-electron chi connectivity index (χ3n) is 2.01. The fourth-order valence-electron chi connectivity index (χ4n) is 1.33. The molecule has 0 bridgehead atoms. The van der Waals surface area contributed by atoms with Crippen molar-refractivity contribution in [2.45, 2.75) is 12.4 Å². The molecular weight excluding hydrogens is 292 g/mol. The quantitative estimate of drug-likeness (QED) is 0.802. The van der Waals surface area contributed by atoms with Gasteiger partial charge in [0, 0.05) is 0 Å². The lowest BCUT2D eigenvalue weighted by atomic mass is 10.0. The number of benzene rings is 1. The maximum absolute atomic E-state index is 13.2. The maximum atomic E-state index is 13.2. The second kappa shape index (κ2) is 4.35. The molecule has 0 heterocycles. The molecule has 0 radical (unpaired) electrons. The van der Waals surface area contributed by atoms with Gasteiger partial charge in [-0.15, -0.1) is 0 Å². The van der Waals surface area contributed by atoms with Crippen LogP contribution in [-0.2, 0) is 12.4 Å². The molecule has 0 aliphatic rings. The molecule has 0 aromatic heterocycles. The Labute approximate surface area is 98.8 Å². The van der Waals surface area contributed by atoms with Gasteiger partial charge >= 0.3 is 18.3 Å². The van der Waals surface area contributed by atoms with Crippen LogP contribution in [0.25, 0.3) is 0 Å². The summed E-state index contributed by atoms with van der Waals surface area (Å²) < 4.78 is 100. The summed E-state index contributed by atoms with van der Waals surface area (Å²) in [7, 11) is 0. The monoisotopic (exact) mass is 294 g/mol. The lowest BCUT2D eigenvalue weighted by molar-refractivity contribution is -0.165. The molecular formula is C9H2F8O2. The molecule has 0 aliphatic heterocycles. The molecule has 1 aromatic rings. The van der Waals surface area contributed by atoms with Crippen LogP contribution in [0.5, 0.6) is 0 Å². The van der Waals surface area contributed by atoms with Crippen LogP contribution in [0.4, 0.5) is 35.1 Å². The van der Waals surface area contributed by atoms with Crippen molar-refractivity contribution < 1.29 is 45.0 Å². The Balaban J connectivity index is 3.86. The zero-order chi connectivity index (χ0) is 15.2. The van der Waals surface area contributed by atoms with Gasteiger partial charge in [0.2, 0.25) is 0 Å². The number of carboxylic acids is 1. The van der Waals surface area contributed by atoms with Gasteiger partial charge in [0.1, 0.15) is 16.9 Å². The first-order chi connectivity index (χ1) is 8.37. The van der Waals surface area contributed by atoms with Crippen LogP contribution in [0.15, 0.2) is 6.07 Å². The molecule has 19 heavy (non-hydrogen) atoms. The molecule has 0 saturated heterocycles. The highest BCUT2D eigenvalue weighted by Crippen LogP contribution is 2.43. The van der Waals surface area contributed by atoms with E-state index in [-0.39, 0.29) is 0 Å². The van der Waals surface area contributed by atoms with E-state index in [2.05, 4.69) is 0 Å². The van der Waals surface area contributed by atoms with E-state index in [1.54, 1.807) is 0 Å². The smallest absolute Gasteiger partial charge is 0.419 e. The average Bonchev–Trinajstić information content (AvgIpc) is 2.16. The Morgan fingerprint density at radius 3 is 1.68 bits per heavy atom. The number of carbonyl (C=O) groups is 1. The lowest BCUT2D eigenvalue weighted by Crippen LogP contribution is -2.23. The normalized spacial score (nSPS) is 12.6. The minimum Gasteiger partial charge on any atom is -0.478 e. The highest BCUT2D eigenvalue weighted by molar-refractivity contribution is 5.88. The molecule has 0 amide bonds. The van der Waals surface area contributed by atoms with Crippen molar-refractivity contribution in [3.8, 4) is 0 Å². The SMILES string of the molecule is O=C(O)c1cc(F)c(C(F)(F)F)c(C(F)(F)F)c1F. The predicted molar refractivity (Wildman–Crippen MR) is 43.3 cm³/mol. The summed E-state index contributed by atoms with van der Waals surface area (Å²) in [5.41, 5.74) is -7.71. The van der Waals surface area contributed by atoms with E-state index in [9.17, 15) is 39.9 Å². The molecule has 1 N–H and O–H groups in total. The van der Waals surface area contributed by atoms with E-state index >= 15 is 0 Å². The molecule has 1 rings (SSSR count). The van der Waals surface area contributed by atoms with Crippen molar-refractivity contribution in [1.82, 2.24) is 0 Å². The molecule has 0 saturated carbocycles. The van der Waals surface area contributed by atoms with E-state index in [0.29, 0.717) is 0 Å². The van der Waals surface area contributed by atoms with Gasteiger partial charge in [0.15, 0.2) is 5.82 Å². The van der Waals surface area contributed by atoms with Crippen LogP contribution < -0.4 is 0 Å². The number of hydrogen-bond acceptors (Lipinski definition) is 1. The number of hydrogen-bond donors (Lipinski definition) is 1. The van der Waals surface area contributed by atoms with Crippen LogP contribution in [0, 0.1) is 11.6 Å². The molecule has 0 aliphatic carbocycles. The summed E-state index contributed by atoms with van der Waals surface area (Å²) in [5.74, 6) is -7.53. The van der Waals surface area contributed by atoms with E-state index < -0.39 is 52.7 Å². The van der Waals surface area contributed by atoms with Gasteiger partial charge in [-0.05, 0) is 6.07 Å². The van der Waals surface area contributed by atoms with Crippen molar-refractivity contribution in [3.63, 3.8) is 0 Å². The molecule has 2 nitrogen and oxygen atoms in total. The average molecular weight is 294 g/mol. The highest BCUT2D eigenvalue weighted by atomic mass is 19.4. The molecule has 106 valence electrons. The number of alkyl halides is 6. The summed E-state index contributed by atoms with van der Waals surface area (Å²) in [5, 5.41) is 8.32. The highest BCUT2D eigenvalue weighted by Gasteiger charge is 2.49. The van der Waals surface area contributed by atoms with Gasteiger partial charge < -0.3 is 5.11 Å². The Morgan fingerprint density at radius 1 is 0.947 bits per heavy atom. The number of aromatic carboxylic acids is 1. The van der Waals surface area contributed by atoms with Gasteiger partial charge in [0.05, 0.1) is 5.56 Å². The Hall–Kier alpha value is -1.87. The summed E-state index contributed by atoms with van der Waals surface area (Å²) >= 11 is 0. The van der Waals surface area contributed by atoms with Crippen molar-refractivity contribution >= 4 is 5.97 Å². The summed E-state index contributed by atoms with van der Waals surface area (Å²) in [6.45, 7) is 0. The fraction of sp³-hybridized carbons (Fsp3) is 0.222. The summed E-state index contributed by atoms with van der Waals surface area (Å²) in [6, 6.07) is -0.449. The van der Waals surface area contributed by atoms with Crippen molar-refractivity contribution in [1.29, 1.82) is 0 Å². The van der Waals surface area contributed by atoms with Crippen molar-refractivity contribution in [2.24, 2.45) is 0 Å². The third-order valence-corrected chi connectivity index (χ3v) is 2.01. The summed E-state index contributed by atoms with van der Waals surface area (Å²) in [6.07, 6.45) is -11.7. The van der Waals surface area contributed by atoms with Crippen molar-refractivity contribution in [2.75, 3.05) is 0 Å². The molecule has 10 heteroatoms. The van der Waals surface area contributed by atoms with Gasteiger partial charge in [-0.2, -0.15) is 26.3 Å². The fourth-order valence-corrected chi connectivity index (χ4v) is 1.33. The second-order valence-corrected chi connectivity index (χ2v) is 3.27. The molecule has 0 fully saturated rings. The topological polar surface area (TPSA) is 37.3 Å². The minimum absolute atomic E-state index is 0.449. The minimum atomic E-state index is -5.90. The van der Waals surface area contributed by atoms with Gasteiger partial charge in [-0.3, -0.25) is 0 Å². The number of rotatable bonds is 1. The lowest BCUT2D eigenvalue weighted by Gasteiger charge is -2.17. The first-order valence-electron chi connectivity index (χ1n) is 4.27. The van der Waals surface area contributed by atoms with E-state index in [0.717, 1.165) is 0 Å². The zero-order valence-electron chi connectivity index (χ0n) is 8.46. The molecule has 0 unspecified atom stereocenters. The zero-order valence-corrected chi connectivity index (χ0v) is 8.46. The van der Waals surface area contributed by atoms with Crippen LogP contribution in [0.2, 0.25) is 0 Å². The number of halogens is 8. The van der Waals surface area contributed by atoms with Crippen LogP contribution in [0.1, 0.15) is 21.5 Å². The first kappa shape index (κ1) is 15.2. The van der Waals surface area contributed by atoms with Crippen LogP contribution in [0.3, 0.4) is 0 Å². The maximum Gasteiger partial charge on any atom is 0.419 e. The van der Waals surface area contributed by atoms with Gasteiger partial charge in [-0.25, -0.2) is 13.6 Å². The molecule has 1 aromatic carbocycles. The first-order valence-corrected chi connectivity index (χ1v) is 4.27.